The van der Waals surface area contributed by atoms with Gasteiger partial charge < -0.3 is 38.9 Å². The van der Waals surface area contributed by atoms with E-state index in [9.17, 15) is 24.5 Å². The second-order valence-electron chi connectivity index (χ2n) is 12.0. The zero-order chi connectivity index (χ0) is 39.7. The maximum absolute atomic E-state index is 12.5. The number of ether oxygens (including phenoxy) is 7. The molecular weight excluding hydrogens is 737 g/mol. The fraction of sp³-hybridized carbons (Fsp3) is 0.395. The van der Waals surface area contributed by atoms with Crippen LogP contribution < -0.4 is 19.9 Å². The second kappa shape index (κ2) is 25.8. The fourth-order valence-electron chi connectivity index (χ4n) is 4.72. The molecule has 0 fully saturated rings. The van der Waals surface area contributed by atoms with Gasteiger partial charge in [-0.3, -0.25) is 14.8 Å². The highest BCUT2D eigenvalue weighted by Gasteiger charge is 2.22. The number of rotatable bonds is 20. The van der Waals surface area contributed by atoms with Crippen molar-refractivity contribution in [2.24, 2.45) is 11.7 Å². The molecule has 1 atom stereocenters. The van der Waals surface area contributed by atoms with Crippen molar-refractivity contribution in [1.29, 1.82) is 0 Å². The molecule has 3 aromatic rings. The van der Waals surface area contributed by atoms with Gasteiger partial charge in [0.2, 0.25) is 0 Å². The Hall–Kier alpha value is -5.20. The number of nitro benzene ring substituents is 1. The van der Waals surface area contributed by atoms with Gasteiger partial charge in [-0.1, -0.05) is 74.5 Å². The highest BCUT2D eigenvalue weighted by Crippen LogP contribution is 2.31. The zero-order valence-corrected chi connectivity index (χ0v) is 31.7. The standard InChI is InChI=1S/C26H34N2O4S.C12H14N2O8/c1-20(2)13-15-30-17-18-31-16-14-27-33-28-26(29)32-25-19-23-9-4-3-7-21(23)11-12-22-8-5-6-10-24(22)25;13-11(15)20-7-5-19-6-8-21-12(16)22-10-3-1-9(2-4-10)14(17)18/h3-12,20,25,27H,13-19H2,1-2H3,(H,28,29);1-4H,5-8H2,(H2,13,15)/b12-11-;. The van der Waals surface area contributed by atoms with Crippen LogP contribution in [0.2, 0.25) is 0 Å². The first-order chi connectivity index (χ1) is 26.6. The quantitative estimate of drug-likeness (QED) is 0.0209. The molecule has 4 N–H and O–H groups in total. The van der Waals surface area contributed by atoms with E-state index in [1.54, 1.807) is 0 Å². The Balaban J connectivity index is 0.000000322. The van der Waals surface area contributed by atoms with E-state index in [-0.39, 0.29) is 44.0 Å². The average Bonchev–Trinajstić information content (AvgIpc) is 3.15. The van der Waals surface area contributed by atoms with Crippen molar-refractivity contribution in [1.82, 2.24) is 9.44 Å². The fourth-order valence-corrected chi connectivity index (χ4v) is 5.11. The Kier molecular flexibility index (Phi) is 20.7. The molecule has 3 aromatic carbocycles. The molecule has 17 heteroatoms. The molecule has 1 aliphatic carbocycles. The van der Waals surface area contributed by atoms with Crippen molar-refractivity contribution in [2.45, 2.75) is 32.8 Å². The van der Waals surface area contributed by atoms with E-state index < -0.39 is 23.3 Å². The molecule has 0 bridgehead atoms. The van der Waals surface area contributed by atoms with Crippen LogP contribution in [0.1, 0.15) is 48.6 Å². The van der Waals surface area contributed by atoms with Crippen LogP contribution in [0, 0.1) is 16.0 Å². The number of nitrogens with one attached hydrogen (secondary N) is 2. The first kappa shape index (κ1) is 44.2. The maximum Gasteiger partial charge on any atom is 0.513 e. The van der Waals surface area contributed by atoms with Crippen molar-refractivity contribution in [3.63, 3.8) is 0 Å². The molecular formula is C38H48N4O12S. The number of carbonyl (C=O) groups is 3. The Morgan fingerprint density at radius 1 is 0.818 bits per heavy atom. The molecule has 1 aliphatic rings. The Morgan fingerprint density at radius 2 is 1.44 bits per heavy atom. The SMILES string of the molecule is CC(C)CCOCCOCCNSNC(=O)OC1Cc2ccccc2/C=C\c2ccccc21.NC(=O)OCCOCCOC(=O)Oc1ccc([N+](=O)[O-])cc1. The summed E-state index contributed by atoms with van der Waals surface area (Å²) in [6, 6.07) is 21.2. The van der Waals surface area contributed by atoms with Gasteiger partial charge in [0.15, 0.2) is 0 Å². The van der Waals surface area contributed by atoms with Crippen molar-refractivity contribution in [3.05, 3.63) is 105 Å². The normalized spacial score (nSPS) is 13.4. The number of non-ortho nitro benzene ring substituents is 1. The van der Waals surface area contributed by atoms with Crippen LogP contribution in [0.5, 0.6) is 5.75 Å². The highest BCUT2D eigenvalue weighted by molar-refractivity contribution is 7.96. The minimum absolute atomic E-state index is 0.00255. The second-order valence-corrected chi connectivity index (χ2v) is 12.7. The number of benzene rings is 3. The van der Waals surface area contributed by atoms with E-state index in [0.717, 1.165) is 47.4 Å². The lowest BCUT2D eigenvalue weighted by atomic mass is 9.91. The van der Waals surface area contributed by atoms with Crippen LogP contribution in [0.25, 0.3) is 12.2 Å². The molecule has 0 aromatic heterocycles. The Bertz CT molecular complexity index is 1660. The largest absolute Gasteiger partial charge is 0.513 e. The number of primary amides is 1. The van der Waals surface area contributed by atoms with E-state index in [0.29, 0.717) is 38.7 Å². The number of hydrogen-bond acceptors (Lipinski definition) is 14. The van der Waals surface area contributed by atoms with Gasteiger partial charge in [-0.15, -0.1) is 0 Å². The molecule has 16 nitrogen and oxygen atoms in total. The van der Waals surface area contributed by atoms with Crippen molar-refractivity contribution >= 4 is 48.3 Å². The summed E-state index contributed by atoms with van der Waals surface area (Å²) >= 11 is 1.10. The monoisotopic (exact) mass is 784 g/mol. The summed E-state index contributed by atoms with van der Waals surface area (Å²) in [4.78, 5) is 43.9. The van der Waals surface area contributed by atoms with Gasteiger partial charge in [-0.2, -0.15) is 0 Å². The first-order valence-corrected chi connectivity index (χ1v) is 18.4. The van der Waals surface area contributed by atoms with E-state index >= 15 is 0 Å². The summed E-state index contributed by atoms with van der Waals surface area (Å²) in [5.41, 5.74) is 8.96. The lowest BCUT2D eigenvalue weighted by Crippen LogP contribution is -2.26. The van der Waals surface area contributed by atoms with Gasteiger partial charge in [-0.05, 0) is 41.2 Å². The van der Waals surface area contributed by atoms with E-state index in [4.69, 9.17) is 34.2 Å². The number of hydrogen-bond donors (Lipinski definition) is 3. The topological polar surface area (TPSA) is 209 Å². The summed E-state index contributed by atoms with van der Waals surface area (Å²) in [6.45, 7) is 7.57. The van der Waals surface area contributed by atoms with Gasteiger partial charge in [0.05, 0.1) is 38.0 Å². The van der Waals surface area contributed by atoms with Gasteiger partial charge in [0, 0.05) is 49.4 Å². The van der Waals surface area contributed by atoms with E-state index in [2.05, 4.69) is 52.3 Å². The lowest BCUT2D eigenvalue weighted by Gasteiger charge is -2.23. The third-order valence-corrected chi connectivity index (χ3v) is 8.05. The molecule has 55 heavy (non-hydrogen) atoms. The number of fused-ring (bicyclic) bond motifs is 2. The van der Waals surface area contributed by atoms with Gasteiger partial charge >= 0.3 is 18.3 Å². The third-order valence-electron chi connectivity index (χ3n) is 7.43. The summed E-state index contributed by atoms with van der Waals surface area (Å²) in [5.74, 6) is 0.771. The van der Waals surface area contributed by atoms with Crippen LogP contribution in [0.4, 0.5) is 20.1 Å². The number of amides is 2. The lowest BCUT2D eigenvalue weighted by molar-refractivity contribution is -0.384. The molecule has 2 amide bonds. The molecule has 0 saturated carbocycles. The third kappa shape index (κ3) is 18.6. The predicted octanol–water partition coefficient (Wildman–Crippen LogP) is 6.63. The number of carbonyl (C=O) groups excluding carboxylic acids is 3. The first-order valence-electron chi connectivity index (χ1n) is 17.6. The van der Waals surface area contributed by atoms with Crippen molar-refractivity contribution < 1.29 is 52.5 Å². The van der Waals surface area contributed by atoms with E-state index in [1.165, 1.54) is 24.3 Å². The van der Waals surface area contributed by atoms with Crippen LogP contribution in [-0.2, 0) is 34.8 Å². The predicted molar refractivity (Wildman–Crippen MR) is 206 cm³/mol. The molecule has 0 heterocycles. The molecule has 0 radical (unpaired) electrons. The molecule has 0 aliphatic heterocycles. The molecule has 298 valence electrons. The number of nitrogens with two attached hydrogens (primary N) is 1. The summed E-state index contributed by atoms with van der Waals surface area (Å²) in [5, 5.41) is 10.4. The number of nitrogens with zero attached hydrogens (tertiary/aromatic N) is 1. The summed E-state index contributed by atoms with van der Waals surface area (Å²) in [7, 11) is 0. The summed E-state index contributed by atoms with van der Waals surface area (Å²) < 4.78 is 41.5. The Labute approximate surface area is 324 Å². The van der Waals surface area contributed by atoms with Crippen molar-refractivity contribution in [2.75, 3.05) is 59.4 Å². The highest BCUT2D eigenvalue weighted by atomic mass is 32.2. The Morgan fingerprint density at radius 3 is 2.15 bits per heavy atom. The molecule has 4 rings (SSSR count). The van der Waals surface area contributed by atoms with Crippen LogP contribution in [-0.4, -0.2) is 82.7 Å². The van der Waals surface area contributed by atoms with Crippen LogP contribution in [0.3, 0.4) is 0 Å². The van der Waals surface area contributed by atoms with E-state index in [1.807, 2.05) is 36.4 Å². The number of nitro groups is 1. The van der Waals surface area contributed by atoms with Crippen LogP contribution >= 0.6 is 12.1 Å². The van der Waals surface area contributed by atoms with Crippen LogP contribution in [0.15, 0.2) is 72.8 Å². The minimum atomic E-state index is -0.967. The van der Waals surface area contributed by atoms with Crippen molar-refractivity contribution in [3.8, 4) is 5.75 Å². The molecule has 0 saturated heterocycles. The average molecular weight is 785 g/mol. The van der Waals surface area contributed by atoms with Gasteiger partial charge in [-0.25, -0.2) is 19.1 Å². The van der Waals surface area contributed by atoms with Gasteiger partial charge in [0.1, 0.15) is 25.1 Å². The molecule has 0 spiro atoms. The smallest absolute Gasteiger partial charge is 0.447 e. The van der Waals surface area contributed by atoms with Gasteiger partial charge in [0.25, 0.3) is 5.69 Å². The zero-order valence-electron chi connectivity index (χ0n) is 30.8. The summed E-state index contributed by atoms with van der Waals surface area (Å²) in [6.07, 6.45) is 3.17. The molecule has 1 unspecified atom stereocenters. The maximum atomic E-state index is 12.5. The minimum Gasteiger partial charge on any atom is -0.447 e.